The lowest BCUT2D eigenvalue weighted by atomic mass is 10.1. The molecule has 0 saturated heterocycles. The molecule has 3 aromatic heterocycles. The third-order valence-electron chi connectivity index (χ3n) is 3.97. The van der Waals surface area contributed by atoms with Crippen LogP contribution in [-0.2, 0) is 6.54 Å². The van der Waals surface area contributed by atoms with E-state index < -0.39 is 0 Å². The number of aliphatic imine (C=N–C) groups is 1. The highest BCUT2D eigenvalue weighted by Crippen LogP contribution is 2.38. The predicted molar refractivity (Wildman–Crippen MR) is 103 cm³/mol. The topological polar surface area (TPSA) is 68.4 Å². The fourth-order valence-electron chi connectivity index (χ4n) is 2.83. The number of hydrogen-bond acceptors (Lipinski definition) is 5. The zero-order chi connectivity index (χ0) is 18.7. The quantitative estimate of drug-likeness (QED) is 0.403. The standard InChI is InChI=1S/C19H20N6O/c1-6-9-25-13(2)16(14-7-8-15(26-5)20-10-14)17-18(23-12-24(3)4)21-11-22-19(17)25/h1,7-8,10-12H,9H2,2-5H3. The number of aromatic nitrogens is 4. The Hall–Kier alpha value is -3.40. The summed E-state index contributed by atoms with van der Waals surface area (Å²) < 4.78 is 7.15. The first kappa shape index (κ1) is 17.4. The summed E-state index contributed by atoms with van der Waals surface area (Å²) in [6, 6.07) is 3.78. The molecule has 3 aromatic rings. The Morgan fingerprint density at radius 2 is 2.12 bits per heavy atom. The van der Waals surface area contributed by atoms with Gasteiger partial charge in [-0.3, -0.25) is 0 Å². The molecular weight excluding hydrogens is 328 g/mol. The molecule has 7 nitrogen and oxygen atoms in total. The second-order valence-electron chi connectivity index (χ2n) is 5.94. The Balaban J connectivity index is 2.32. The van der Waals surface area contributed by atoms with Crippen molar-refractivity contribution in [3.05, 3.63) is 30.4 Å². The molecule has 26 heavy (non-hydrogen) atoms. The molecule has 0 atom stereocenters. The summed E-state index contributed by atoms with van der Waals surface area (Å²) in [5.41, 5.74) is 3.65. The maximum Gasteiger partial charge on any atom is 0.212 e. The van der Waals surface area contributed by atoms with Crippen LogP contribution in [0.2, 0.25) is 0 Å². The van der Waals surface area contributed by atoms with Gasteiger partial charge in [-0.1, -0.05) is 5.92 Å². The molecule has 0 N–H and O–H groups in total. The molecule has 0 saturated carbocycles. The van der Waals surface area contributed by atoms with E-state index in [-0.39, 0.29) is 0 Å². The Kier molecular flexibility index (Phi) is 4.85. The Labute approximate surface area is 152 Å². The molecule has 0 amide bonds. The van der Waals surface area contributed by atoms with Crippen LogP contribution in [0.4, 0.5) is 5.82 Å². The average molecular weight is 348 g/mol. The van der Waals surface area contributed by atoms with Crippen molar-refractivity contribution in [2.75, 3.05) is 21.2 Å². The zero-order valence-electron chi connectivity index (χ0n) is 15.3. The number of terminal acetylenes is 1. The van der Waals surface area contributed by atoms with Gasteiger partial charge in [-0.05, 0) is 13.0 Å². The Bertz CT molecular complexity index is 996. The highest BCUT2D eigenvalue weighted by molar-refractivity contribution is 6.02. The molecule has 0 aromatic carbocycles. The lowest BCUT2D eigenvalue weighted by Crippen LogP contribution is -2.07. The van der Waals surface area contributed by atoms with E-state index >= 15 is 0 Å². The minimum Gasteiger partial charge on any atom is -0.481 e. The van der Waals surface area contributed by atoms with Crippen molar-refractivity contribution in [2.45, 2.75) is 13.5 Å². The van der Waals surface area contributed by atoms with Crippen LogP contribution in [0.3, 0.4) is 0 Å². The third kappa shape index (κ3) is 3.09. The first-order valence-electron chi connectivity index (χ1n) is 8.05. The van der Waals surface area contributed by atoms with Gasteiger partial charge >= 0.3 is 0 Å². The average Bonchev–Trinajstić information content (AvgIpc) is 2.93. The van der Waals surface area contributed by atoms with E-state index in [9.17, 15) is 0 Å². The van der Waals surface area contributed by atoms with E-state index in [4.69, 9.17) is 11.2 Å². The summed E-state index contributed by atoms with van der Waals surface area (Å²) in [5.74, 6) is 3.84. The second-order valence-corrected chi connectivity index (χ2v) is 5.94. The van der Waals surface area contributed by atoms with Crippen LogP contribution >= 0.6 is 0 Å². The minimum atomic E-state index is 0.416. The van der Waals surface area contributed by atoms with Gasteiger partial charge in [0, 0.05) is 43.2 Å². The van der Waals surface area contributed by atoms with E-state index in [0.29, 0.717) is 18.2 Å². The van der Waals surface area contributed by atoms with Crippen molar-refractivity contribution in [3.8, 4) is 29.4 Å². The number of methoxy groups -OCH3 is 1. The Morgan fingerprint density at radius 1 is 1.31 bits per heavy atom. The highest BCUT2D eigenvalue weighted by atomic mass is 16.5. The zero-order valence-corrected chi connectivity index (χ0v) is 15.3. The van der Waals surface area contributed by atoms with Crippen molar-refractivity contribution in [3.63, 3.8) is 0 Å². The van der Waals surface area contributed by atoms with Gasteiger partial charge in [-0.15, -0.1) is 6.42 Å². The molecule has 0 aliphatic heterocycles. The molecule has 0 bridgehead atoms. The van der Waals surface area contributed by atoms with Crippen molar-refractivity contribution < 1.29 is 4.74 Å². The van der Waals surface area contributed by atoms with Crippen molar-refractivity contribution in [2.24, 2.45) is 4.99 Å². The SMILES string of the molecule is C#CCn1c(C)c(-c2ccc(OC)nc2)c2c(N=CN(C)C)ncnc21. The van der Waals surface area contributed by atoms with Gasteiger partial charge in [0.15, 0.2) is 5.82 Å². The van der Waals surface area contributed by atoms with Crippen LogP contribution in [-0.4, -0.2) is 52.0 Å². The third-order valence-corrected chi connectivity index (χ3v) is 3.97. The summed E-state index contributed by atoms with van der Waals surface area (Å²) in [6.45, 7) is 2.43. The monoisotopic (exact) mass is 348 g/mol. The molecule has 0 aliphatic rings. The molecule has 0 unspecified atom stereocenters. The molecule has 3 heterocycles. The van der Waals surface area contributed by atoms with Crippen LogP contribution in [0.1, 0.15) is 5.69 Å². The number of rotatable bonds is 5. The van der Waals surface area contributed by atoms with Gasteiger partial charge in [0.1, 0.15) is 12.0 Å². The first-order valence-corrected chi connectivity index (χ1v) is 8.05. The fraction of sp³-hybridized carbons (Fsp3) is 0.263. The number of ether oxygens (including phenoxy) is 1. The van der Waals surface area contributed by atoms with E-state index in [0.717, 1.165) is 27.9 Å². The molecule has 0 spiro atoms. The first-order chi connectivity index (χ1) is 12.6. The van der Waals surface area contributed by atoms with Crippen LogP contribution in [0, 0.1) is 19.3 Å². The summed E-state index contributed by atoms with van der Waals surface area (Å²) in [4.78, 5) is 19.5. The lowest BCUT2D eigenvalue weighted by molar-refractivity contribution is 0.398. The molecular formula is C19H20N6O. The van der Waals surface area contributed by atoms with E-state index in [1.807, 2.05) is 42.6 Å². The number of hydrogen-bond donors (Lipinski definition) is 0. The van der Waals surface area contributed by atoms with Gasteiger partial charge in [-0.2, -0.15) is 0 Å². The smallest absolute Gasteiger partial charge is 0.212 e. The summed E-state index contributed by atoms with van der Waals surface area (Å²) in [6.07, 6.45) is 10.6. The van der Waals surface area contributed by atoms with Gasteiger partial charge in [0.2, 0.25) is 5.88 Å². The number of nitrogens with zero attached hydrogens (tertiary/aromatic N) is 6. The molecule has 0 radical (unpaired) electrons. The van der Waals surface area contributed by atoms with Crippen molar-refractivity contribution >= 4 is 23.2 Å². The molecule has 3 rings (SSSR count). The number of pyridine rings is 1. The largest absolute Gasteiger partial charge is 0.481 e. The van der Waals surface area contributed by atoms with Crippen LogP contribution < -0.4 is 4.74 Å². The normalized spacial score (nSPS) is 11.0. The van der Waals surface area contributed by atoms with Gasteiger partial charge < -0.3 is 14.2 Å². The fourth-order valence-corrected chi connectivity index (χ4v) is 2.83. The maximum absolute atomic E-state index is 5.56. The maximum atomic E-state index is 5.56. The number of fused-ring (bicyclic) bond motifs is 1. The van der Waals surface area contributed by atoms with Gasteiger partial charge in [0.25, 0.3) is 0 Å². The molecule has 132 valence electrons. The molecule has 7 heteroatoms. The second kappa shape index (κ2) is 7.23. The van der Waals surface area contributed by atoms with Crippen molar-refractivity contribution in [1.82, 2.24) is 24.4 Å². The summed E-state index contributed by atoms with van der Waals surface area (Å²) >= 11 is 0. The summed E-state index contributed by atoms with van der Waals surface area (Å²) in [7, 11) is 5.41. The van der Waals surface area contributed by atoms with E-state index in [2.05, 4.69) is 25.9 Å². The molecule has 0 fully saturated rings. The van der Waals surface area contributed by atoms with Gasteiger partial charge in [0.05, 0.1) is 25.4 Å². The summed E-state index contributed by atoms with van der Waals surface area (Å²) in [5, 5.41) is 0.852. The highest BCUT2D eigenvalue weighted by Gasteiger charge is 2.20. The van der Waals surface area contributed by atoms with Crippen molar-refractivity contribution in [1.29, 1.82) is 0 Å². The van der Waals surface area contributed by atoms with Crippen LogP contribution in [0.15, 0.2) is 29.6 Å². The predicted octanol–water partition coefficient (Wildman–Crippen LogP) is 2.66. The molecule has 0 aliphatic carbocycles. The minimum absolute atomic E-state index is 0.416. The lowest BCUT2D eigenvalue weighted by Gasteiger charge is -2.06. The van der Waals surface area contributed by atoms with E-state index in [1.54, 1.807) is 19.6 Å². The van der Waals surface area contributed by atoms with Crippen LogP contribution in [0.5, 0.6) is 5.88 Å². The Morgan fingerprint density at radius 3 is 2.73 bits per heavy atom. The van der Waals surface area contributed by atoms with Crippen LogP contribution in [0.25, 0.3) is 22.2 Å². The van der Waals surface area contributed by atoms with E-state index in [1.165, 1.54) is 6.33 Å². The van der Waals surface area contributed by atoms with Gasteiger partial charge in [-0.25, -0.2) is 19.9 Å².